The summed E-state index contributed by atoms with van der Waals surface area (Å²) < 4.78 is 2.19. The normalized spacial score (nSPS) is 10.8. The van der Waals surface area contributed by atoms with Crippen LogP contribution >= 0.6 is 0 Å². The zero-order valence-electron chi connectivity index (χ0n) is 12.7. The molecular formula is C18H20N4. The minimum Gasteiger partial charge on any atom is -0.329 e. The number of hydrogen-bond acceptors (Lipinski definition) is 3. The molecule has 0 unspecified atom stereocenters. The largest absolute Gasteiger partial charge is 0.329 e. The van der Waals surface area contributed by atoms with E-state index in [9.17, 15) is 0 Å². The molecular weight excluding hydrogens is 272 g/mol. The highest BCUT2D eigenvalue weighted by Crippen LogP contribution is 2.10. The predicted molar refractivity (Wildman–Crippen MR) is 87.3 cm³/mol. The summed E-state index contributed by atoms with van der Waals surface area (Å²) in [5, 5.41) is 3.42. The first-order valence-corrected chi connectivity index (χ1v) is 7.47. The molecule has 1 N–H and O–H groups in total. The van der Waals surface area contributed by atoms with Crippen molar-refractivity contribution in [3.63, 3.8) is 0 Å². The van der Waals surface area contributed by atoms with E-state index in [-0.39, 0.29) is 0 Å². The molecule has 0 aliphatic rings. The summed E-state index contributed by atoms with van der Waals surface area (Å²) in [7, 11) is 0. The Kier molecular flexibility index (Phi) is 4.61. The van der Waals surface area contributed by atoms with E-state index in [0.717, 1.165) is 25.5 Å². The number of nitrogens with zero attached hydrogens (tertiary/aromatic N) is 3. The summed E-state index contributed by atoms with van der Waals surface area (Å²) in [6.45, 7) is 4.54. The average Bonchev–Trinajstić information content (AvgIpc) is 2.98. The lowest BCUT2D eigenvalue weighted by atomic mass is 10.1. The average molecular weight is 292 g/mol. The van der Waals surface area contributed by atoms with Gasteiger partial charge in [-0.05, 0) is 29.7 Å². The van der Waals surface area contributed by atoms with Crippen molar-refractivity contribution in [3.05, 3.63) is 83.7 Å². The molecule has 2 aromatic heterocycles. The highest BCUT2D eigenvalue weighted by molar-refractivity contribution is 5.26. The number of rotatable bonds is 6. The Morgan fingerprint density at radius 2 is 1.95 bits per heavy atom. The maximum atomic E-state index is 4.46. The Morgan fingerprint density at radius 3 is 2.77 bits per heavy atom. The van der Waals surface area contributed by atoms with Crippen molar-refractivity contribution < 1.29 is 0 Å². The number of aryl methyl sites for hydroxylation is 1. The number of imidazole rings is 1. The van der Waals surface area contributed by atoms with Crippen LogP contribution in [-0.4, -0.2) is 14.5 Å². The van der Waals surface area contributed by atoms with Gasteiger partial charge in [0.2, 0.25) is 0 Å². The molecule has 0 atom stereocenters. The number of benzene rings is 1. The van der Waals surface area contributed by atoms with Crippen LogP contribution in [0.4, 0.5) is 0 Å². The van der Waals surface area contributed by atoms with Crippen molar-refractivity contribution in [1.29, 1.82) is 0 Å². The molecule has 0 saturated carbocycles. The SMILES string of the molecule is Cc1ccccc1Cn1ccnc1CNCc1cccnc1. The van der Waals surface area contributed by atoms with Crippen molar-refractivity contribution in [1.82, 2.24) is 19.9 Å². The molecule has 0 aliphatic heterocycles. The lowest BCUT2D eigenvalue weighted by Gasteiger charge is -2.11. The molecule has 0 amide bonds. The maximum absolute atomic E-state index is 4.46. The van der Waals surface area contributed by atoms with Gasteiger partial charge in [0.15, 0.2) is 0 Å². The number of pyridine rings is 1. The molecule has 1 aromatic carbocycles. The van der Waals surface area contributed by atoms with Crippen LogP contribution < -0.4 is 5.32 Å². The van der Waals surface area contributed by atoms with Gasteiger partial charge >= 0.3 is 0 Å². The zero-order chi connectivity index (χ0) is 15.2. The molecule has 0 radical (unpaired) electrons. The van der Waals surface area contributed by atoms with E-state index in [2.05, 4.69) is 57.1 Å². The van der Waals surface area contributed by atoms with Crippen molar-refractivity contribution >= 4 is 0 Å². The molecule has 0 aliphatic carbocycles. The second-order valence-electron chi connectivity index (χ2n) is 5.36. The van der Waals surface area contributed by atoms with Crippen molar-refractivity contribution in [2.45, 2.75) is 26.6 Å². The van der Waals surface area contributed by atoms with E-state index in [1.165, 1.54) is 16.7 Å². The Bertz CT molecular complexity index is 719. The highest BCUT2D eigenvalue weighted by Gasteiger charge is 2.05. The van der Waals surface area contributed by atoms with E-state index >= 15 is 0 Å². The van der Waals surface area contributed by atoms with Gasteiger partial charge in [0, 0.05) is 37.9 Å². The smallest absolute Gasteiger partial charge is 0.122 e. The fourth-order valence-corrected chi connectivity index (χ4v) is 2.44. The van der Waals surface area contributed by atoms with E-state index < -0.39 is 0 Å². The van der Waals surface area contributed by atoms with Gasteiger partial charge in [-0.1, -0.05) is 30.3 Å². The quantitative estimate of drug-likeness (QED) is 0.759. The molecule has 4 heteroatoms. The van der Waals surface area contributed by atoms with Gasteiger partial charge in [-0.25, -0.2) is 4.98 Å². The minimum absolute atomic E-state index is 0.744. The molecule has 3 rings (SSSR count). The first-order valence-electron chi connectivity index (χ1n) is 7.47. The standard InChI is InChI=1S/C18H20N4/c1-15-5-2-3-7-17(15)14-22-10-9-21-18(22)13-20-12-16-6-4-8-19-11-16/h2-11,20H,12-14H2,1H3. The van der Waals surface area contributed by atoms with Gasteiger partial charge in [-0.2, -0.15) is 0 Å². The molecule has 0 spiro atoms. The maximum Gasteiger partial charge on any atom is 0.122 e. The molecule has 3 aromatic rings. The predicted octanol–water partition coefficient (Wildman–Crippen LogP) is 2.92. The third-order valence-electron chi connectivity index (χ3n) is 3.74. The minimum atomic E-state index is 0.744. The van der Waals surface area contributed by atoms with Crippen LogP contribution in [0.15, 0.2) is 61.2 Å². The first kappa shape index (κ1) is 14.5. The number of nitrogens with one attached hydrogen (secondary N) is 1. The third-order valence-corrected chi connectivity index (χ3v) is 3.74. The summed E-state index contributed by atoms with van der Waals surface area (Å²) in [6.07, 6.45) is 7.57. The van der Waals surface area contributed by atoms with Crippen LogP contribution in [0, 0.1) is 6.92 Å². The molecule has 0 saturated heterocycles. The van der Waals surface area contributed by atoms with Gasteiger partial charge in [-0.3, -0.25) is 4.98 Å². The second-order valence-corrected chi connectivity index (χ2v) is 5.36. The Balaban J connectivity index is 1.61. The van der Waals surface area contributed by atoms with Crippen molar-refractivity contribution in [3.8, 4) is 0 Å². The topological polar surface area (TPSA) is 42.7 Å². The molecule has 0 fully saturated rings. The van der Waals surface area contributed by atoms with Crippen LogP contribution in [0.1, 0.15) is 22.5 Å². The zero-order valence-corrected chi connectivity index (χ0v) is 12.7. The van der Waals surface area contributed by atoms with Crippen molar-refractivity contribution in [2.24, 2.45) is 0 Å². The molecule has 22 heavy (non-hydrogen) atoms. The Morgan fingerprint density at radius 1 is 1.05 bits per heavy atom. The van der Waals surface area contributed by atoms with E-state index in [0.29, 0.717) is 0 Å². The van der Waals surface area contributed by atoms with Gasteiger partial charge in [0.25, 0.3) is 0 Å². The van der Waals surface area contributed by atoms with Crippen LogP contribution in [0.3, 0.4) is 0 Å². The van der Waals surface area contributed by atoms with E-state index in [4.69, 9.17) is 0 Å². The van der Waals surface area contributed by atoms with Gasteiger partial charge in [0.1, 0.15) is 5.82 Å². The number of aromatic nitrogens is 3. The summed E-state index contributed by atoms with van der Waals surface area (Å²) >= 11 is 0. The van der Waals surface area contributed by atoms with Crippen LogP contribution in [0.5, 0.6) is 0 Å². The lowest BCUT2D eigenvalue weighted by Crippen LogP contribution is -2.17. The van der Waals surface area contributed by atoms with Crippen LogP contribution in [0.2, 0.25) is 0 Å². The van der Waals surface area contributed by atoms with E-state index in [1.54, 1.807) is 6.20 Å². The monoisotopic (exact) mass is 292 g/mol. The number of hydrogen-bond donors (Lipinski definition) is 1. The van der Waals surface area contributed by atoms with E-state index in [1.807, 2.05) is 24.7 Å². The van der Waals surface area contributed by atoms with Gasteiger partial charge in [0.05, 0.1) is 6.54 Å². The Labute approximate surface area is 130 Å². The Hall–Kier alpha value is -2.46. The fourth-order valence-electron chi connectivity index (χ4n) is 2.44. The van der Waals surface area contributed by atoms with Gasteiger partial charge in [-0.15, -0.1) is 0 Å². The fraction of sp³-hybridized carbons (Fsp3) is 0.222. The lowest BCUT2D eigenvalue weighted by molar-refractivity contribution is 0.620. The highest BCUT2D eigenvalue weighted by atomic mass is 15.1. The van der Waals surface area contributed by atoms with Crippen molar-refractivity contribution in [2.75, 3.05) is 0 Å². The third kappa shape index (κ3) is 3.59. The molecule has 2 heterocycles. The molecule has 112 valence electrons. The summed E-state index contributed by atoms with van der Waals surface area (Å²) in [5.41, 5.74) is 3.82. The molecule has 4 nitrogen and oxygen atoms in total. The summed E-state index contributed by atoms with van der Waals surface area (Å²) in [5.74, 6) is 1.05. The van der Waals surface area contributed by atoms with Gasteiger partial charge < -0.3 is 9.88 Å². The van der Waals surface area contributed by atoms with Crippen LogP contribution in [0.25, 0.3) is 0 Å². The first-order chi connectivity index (χ1) is 10.8. The summed E-state index contributed by atoms with van der Waals surface area (Å²) in [6, 6.07) is 12.5. The second kappa shape index (κ2) is 7.00. The summed E-state index contributed by atoms with van der Waals surface area (Å²) in [4.78, 5) is 8.58. The molecule has 0 bridgehead atoms. The van der Waals surface area contributed by atoms with Crippen LogP contribution in [-0.2, 0) is 19.6 Å².